The zero-order valence-electron chi connectivity index (χ0n) is 17.5. The Morgan fingerprint density at radius 2 is 1.85 bits per heavy atom. The second-order valence-electron chi connectivity index (χ2n) is 8.54. The maximum Gasteiger partial charge on any atom is 0.308 e. The second kappa shape index (κ2) is 7.29. The molecule has 0 aliphatic rings. The van der Waals surface area contributed by atoms with Gasteiger partial charge < -0.3 is 10.0 Å². The molecule has 1 amide bonds. The Kier molecular flexibility index (Phi) is 5.63. The monoisotopic (exact) mass is 374 g/mol. The van der Waals surface area contributed by atoms with Gasteiger partial charge in [0.05, 0.1) is 28.1 Å². The molecule has 2 aromatic rings. The molecule has 0 aromatic carbocycles. The molecule has 0 bridgehead atoms. The highest BCUT2D eigenvalue weighted by Crippen LogP contribution is 2.29. The number of aliphatic carboxylic acids is 1. The number of rotatable bonds is 5. The van der Waals surface area contributed by atoms with E-state index in [0.717, 1.165) is 16.8 Å². The minimum Gasteiger partial charge on any atom is -0.481 e. The maximum atomic E-state index is 13.2. The van der Waals surface area contributed by atoms with E-state index in [1.54, 1.807) is 14.0 Å². The van der Waals surface area contributed by atoms with Crippen molar-refractivity contribution < 1.29 is 14.7 Å². The molecule has 1 unspecified atom stereocenters. The van der Waals surface area contributed by atoms with Gasteiger partial charge in [-0.3, -0.25) is 9.59 Å². The largest absolute Gasteiger partial charge is 0.481 e. The van der Waals surface area contributed by atoms with Gasteiger partial charge in [0, 0.05) is 19.3 Å². The molecule has 2 heterocycles. The molecule has 7 nitrogen and oxygen atoms in total. The van der Waals surface area contributed by atoms with E-state index in [1.807, 2.05) is 52.3 Å². The van der Waals surface area contributed by atoms with E-state index < -0.39 is 11.9 Å². The van der Waals surface area contributed by atoms with Gasteiger partial charge in [0.15, 0.2) is 5.65 Å². The minimum absolute atomic E-state index is 0.140. The van der Waals surface area contributed by atoms with E-state index >= 15 is 0 Å². The van der Waals surface area contributed by atoms with Crippen LogP contribution in [0.2, 0.25) is 0 Å². The van der Waals surface area contributed by atoms with E-state index in [9.17, 15) is 9.59 Å². The van der Waals surface area contributed by atoms with Crippen LogP contribution in [0.1, 0.15) is 69.2 Å². The highest BCUT2D eigenvalue weighted by molar-refractivity contribution is 6.06. The molecule has 7 heteroatoms. The van der Waals surface area contributed by atoms with Gasteiger partial charge in [0.2, 0.25) is 0 Å². The van der Waals surface area contributed by atoms with Crippen molar-refractivity contribution in [3.05, 3.63) is 23.0 Å². The summed E-state index contributed by atoms with van der Waals surface area (Å²) in [4.78, 5) is 30.6. The van der Waals surface area contributed by atoms with E-state index in [1.165, 1.54) is 4.90 Å². The number of amides is 1. The van der Waals surface area contributed by atoms with Crippen LogP contribution in [-0.4, -0.2) is 50.2 Å². The summed E-state index contributed by atoms with van der Waals surface area (Å²) < 4.78 is 1.86. The summed E-state index contributed by atoms with van der Waals surface area (Å²) in [6.07, 6.45) is 0. The molecule has 2 rings (SSSR count). The molecule has 2 aromatic heterocycles. The summed E-state index contributed by atoms with van der Waals surface area (Å²) in [5.74, 6) is -1.63. The Bertz CT molecular complexity index is 877. The van der Waals surface area contributed by atoms with Crippen LogP contribution in [0.15, 0.2) is 6.07 Å². The third-order valence-electron chi connectivity index (χ3n) is 4.61. The predicted octanol–water partition coefficient (Wildman–Crippen LogP) is 3.41. The fraction of sp³-hybridized carbons (Fsp3) is 0.600. The Morgan fingerprint density at radius 1 is 1.26 bits per heavy atom. The first-order valence-corrected chi connectivity index (χ1v) is 9.23. The van der Waals surface area contributed by atoms with Crippen molar-refractivity contribution in [1.82, 2.24) is 19.7 Å². The third kappa shape index (κ3) is 4.12. The number of carbonyl (C=O) groups is 2. The number of fused-ring (bicyclic) bond motifs is 1. The van der Waals surface area contributed by atoms with E-state index in [0.29, 0.717) is 11.2 Å². The molecule has 0 aliphatic carbocycles. The molecule has 0 saturated carbocycles. The fourth-order valence-electron chi connectivity index (χ4n) is 3.02. The number of hydrogen-bond acceptors (Lipinski definition) is 4. The number of aryl methyl sites for hydroxylation is 1. The summed E-state index contributed by atoms with van der Waals surface area (Å²) in [7, 11) is 1.63. The highest BCUT2D eigenvalue weighted by Gasteiger charge is 2.27. The lowest BCUT2D eigenvalue weighted by Gasteiger charge is -2.22. The molecule has 148 valence electrons. The van der Waals surface area contributed by atoms with Crippen LogP contribution in [-0.2, 0) is 10.3 Å². The Labute approximate surface area is 160 Å². The molecule has 0 saturated heterocycles. The van der Waals surface area contributed by atoms with Gasteiger partial charge in [-0.15, -0.1) is 0 Å². The van der Waals surface area contributed by atoms with Crippen LogP contribution in [0.25, 0.3) is 11.0 Å². The minimum atomic E-state index is -0.922. The van der Waals surface area contributed by atoms with Crippen molar-refractivity contribution in [2.75, 3.05) is 13.6 Å². The van der Waals surface area contributed by atoms with Crippen molar-refractivity contribution in [1.29, 1.82) is 0 Å². The first-order valence-electron chi connectivity index (χ1n) is 9.23. The Balaban J connectivity index is 2.66. The quantitative estimate of drug-likeness (QED) is 0.866. The van der Waals surface area contributed by atoms with Crippen LogP contribution >= 0.6 is 0 Å². The van der Waals surface area contributed by atoms with Gasteiger partial charge in [-0.25, -0.2) is 9.67 Å². The smallest absolute Gasteiger partial charge is 0.308 e. The predicted molar refractivity (Wildman–Crippen MR) is 105 cm³/mol. The van der Waals surface area contributed by atoms with Crippen molar-refractivity contribution in [3.8, 4) is 0 Å². The van der Waals surface area contributed by atoms with Crippen LogP contribution in [0.4, 0.5) is 0 Å². The lowest BCUT2D eigenvalue weighted by atomic mass is 10.0. The van der Waals surface area contributed by atoms with Gasteiger partial charge in [0.25, 0.3) is 5.91 Å². The SMILES string of the molecule is Cc1nn(C(C)(C)C)c2nc(C(C)C)cc(C(=O)N(C)CC(C)C(=O)O)c12. The first-order chi connectivity index (χ1) is 12.3. The average molecular weight is 374 g/mol. The Morgan fingerprint density at radius 3 is 2.33 bits per heavy atom. The highest BCUT2D eigenvalue weighted by atomic mass is 16.4. The number of carboxylic acid groups (broad SMARTS) is 1. The van der Waals surface area contributed by atoms with Crippen LogP contribution in [0.5, 0.6) is 0 Å². The summed E-state index contributed by atoms with van der Waals surface area (Å²) in [6, 6.07) is 1.82. The van der Waals surface area contributed by atoms with Crippen LogP contribution in [0, 0.1) is 12.8 Å². The van der Waals surface area contributed by atoms with Gasteiger partial charge >= 0.3 is 5.97 Å². The number of nitrogens with zero attached hydrogens (tertiary/aromatic N) is 4. The summed E-state index contributed by atoms with van der Waals surface area (Å²) >= 11 is 0. The number of hydrogen-bond donors (Lipinski definition) is 1. The van der Waals surface area contributed by atoms with Crippen LogP contribution < -0.4 is 0 Å². The molecule has 0 fully saturated rings. The molecule has 0 radical (unpaired) electrons. The van der Waals surface area contributed by atoms with Crippen molar-refractivity contribution in [3.63, 3.8) is 0 Å². The van der Waals surface area contributed by atoms with Gasteiger partial charge in [-0.2, -0.15) is 5.10 Å². The van der Waals surface area contributed by atoms with Crippen molar-refractivity contribution >= 4 is 22.9 Å². The van der Waals surface area contributed by atoms with E-state index in [-0.39, 0.29) is 23.9 Å². The molecule has 1 atom stereocenters. The second-order valence-corrected chi connectivity index (χ2v) is 8.54. The lowest BCUT2D eigenvalue weighted by Crippen LogP contribution is -2.34. The van der Waals surface area contributed by atoms with Gasteiger partial charge in [-0.05, 0) is 39.7 Å². The number of carbonyl (C=O) groups excluding carboxylic acids is 1. The number of aromatic nitrogens is 3. The van der Waals surface area contributed by atoms with Gasteiger partial charge in [0.1, 0.15) is 0 Å². The van der Waals surface area contributed by atoms with E-state index in [2.05, 4.69) is 5.10 Å². The lowest BCUT2D eigenvalue weighted by molar-refractivity contribution is -0.141. The average Bonchev–Trinajstić information content (AvgIpc) is 2.90. The Hall–Kier alpha value is -2.44. The molecule has 27 heavy (non-hydrogen) atoms. The summed E-state index contributed by atoms with van der Waals surface area (Å²) in [5.41, 5.74) is 2.49. The third-order valence-corrected chi connectivity index (χ3v) is 4.61. The number of carboxylic acids is 1. The topological polar surface area (TPSA) is 88.3 Å². The maximum absolute atomic E-state index is 13.2. The summed E-state index contributed by atoms with van der Waals surface area (Å²) in [6.45, 7) is 13.8. The fourth-order valence-corrected chi connectivity index (χ4v) is 3.02. The zero-order chi connectivity index (χ0) is 20.7. The first kappa shape index (κ1) is 20.9. The van der Waals surface area contributed by atoms with Crippen molar-refractivity contribution in [2.45, 2.75) is 59.9 Å². The molecule has 1 N–H and O–H groups in total. The normalized spacial score (nSPS) is 13.2. The molecular formula is C20H30N4O3. The van der Waals surface area contributed by atoms with E-state index in [4.69, 9.17) is 10.1 Å². The molecular weight excluding hydrogens is 344 g/mol. The summed E-state index contributed by atoms with van der Waals surface area (Å²) in [5, 5.41) is 14.5. The van der Waals surface area contributed by atoms with Crippen LogP contribution in [0.3, 0.4) is 0 Å². The number of pyridine rings is 1. The van der Waals surface area contributed by atoms with Crippen molar-refractivity contribution in [2.24, 2.45) is 5.92 Å². The molecule has 0 spiro atoms. The molecule has 0 aliphatic heterocycles. The zero-order valence-corrected chi connectivity index (χ0v) is 17.5. The van der Waals surface area contributed by atoms with Gasteiger partial charge in [-0.1, -0.05) is 20.8 Å². The standard InChI is InChI=1S/C20H30N4O3/c1-11(2)15-9-14(18(25)23(8)10-12(3)19(26)27)16-13(4)22-24(17(16)21-15)20(5,6)7/h9,11-12H,10H2,1-8H3,(H,26,27).